The Morgan fingerprint density at radius 2 is 2.05 bits per heavy atom. The van der Waals surface area contributed by atoms with Gasteiger partial charge in [0.05, 0.1) is 17.4 Å². The van der Waals surface area contributed by atoms with E-state index in [0.29, 0.717) is 12.6 Å². The molecule has 0 aliphatic carbocycles. The highest BCUT2D eigenvalue weighted by atomic mass is 16.1. The Labute approximate surface area is 113 Å². The summed E-state index contributed by atoms with van der Waals surface area (Å²) in [4.78, 5) is 16.0. The molecule has 0 aliphatic rings. The molecule has 102 valence electrons. The zero-order chi connectivity index (χ0) is 14.0. The molecule has 1 aromatic carbocycles. The highest BCUT2D eigenvalue weighted by molar-refractivity contribution is 5.78. The Hall–Kier alpha value is -1.84. The Morgan fingerprint density at radius 3 is 2.68 bits per heavy atom. The molecule has 19 heavy (non-hydrogen) atoms. The first-order valence-corrected chi connectivity index (χ1v) is 6.72. The van der Waals surface area contributed by atoms with E-state index in [4.69, 9.17) is 0 Å². The van der Waals surface area contributed by atoms with Crippen LogP contribution in [0.25, 0.3) is 11.0 Å². The van der Waals surface area contributed by atoms with Crippen LogP contribution in [0.4, 0.5) is 0 Å². The van der Waals surface area contributed by atoms with Crippen LogP contribution in [0.5, 0.6) is 0 Å². The summed E-state index contributed by atoms with van der Waals surface area (Å²) in [6.45, 7) is 8.61. The zero-order valence-electron chi connectivity index (χ0n) is 12.0. The van der Waals surface area contributed by atoms with Crippen molar-refractivity contribution in [2.75, 3.05) is 0 Å². The van der Waals surface area contributed by atoms with Crippen molar-refractivity contribution in [1.29, 1.82) is 0 Å². The molecule has 0 saturated carbocycles. The summed E-state index contributed by atoms with van der Waals surface area (Å²) < 4.78 is 2.14. The first-order chi connectivity index (χ1) is 8.99. The van der Waals surface area contributed by atoms with Gasteiger partial charge in [0.15, 0.2) is 0 Å². The highest BCUT2D eigenvalue weighted by Gasteiger charge is 2.08. The monoisotopic (exact) mass is 259 g/mol. The quantitative estimate of drug-likeness (QED) is 0.917. The van der Waals surface area contributed by atoms with Crippen molar-refractivity contribution in [2.45, 2.75) is 40.3 Å². The van der Waals surface area contributed by atoms with Gasteiger partial charge in [-0.3, -0.25) is 4.79 Å². The standard InChI is InChI=1S/C15H21N3O/c1-10(2)15(19)16-8-12-5-6-14-13(7-12)17-9-18(14)11(3)4/h5-7,9-11H,8H2,1-4H3,(H,16,19). The molecule has 1 amide bonds. The lowest BCUT2D eigenvalue weighted by Crippen LogP contribution is -2.27. The first kappa shape index (κ1) is 13.6. The van der Waals surface area contributed by atoms with Crippen LogP contribution in [0.2, 0.25) is 0 Å². The van der Waals surface area contributed by atoms with E-state index >= 15 is 0 Å². The summed E-state index contributed by atoms with van der Waals surface area (Å²) in [6, 6.07) is 6.55. The molecule has 2 rings (SSSR count). The van der Waals surface area contributed by atoms with Crippen LogP contribution < -0.4 is 5.32 Å². The molecule has 0 saturated heterocycles. The molecule has 0 radical (unpaired) electrons. The van der Waals surface area contributed by atoms with Gasteiger partial charge in [-0.05, 0) is 31.5 Å². The van der Waals surface area contributed by atoms with E-state index in [1.54, 1.807) is 0 Å². The fourth-order valence-electron chi connectivity index (χ4n) is 1.99. The number of rotatable bonds is 4. The number of carbonyl (C=O) groups is 1. The largest absolute Gasteiger partial charge is 0.352 e. The van der Waals surface area contributed by atoms with Crippen LogP contribution in [0.15, 0.2) is 24.5 Å². The zero-order valence-corrected chi connectivity index (χ0v) is 12.0. The van der Waals surface area contributed by atoms with Crippen molar-refractivity contribution in [3.8, 4) is 0 Å². The number of nitrogens with one attached hydrogen (secondary N) is 1. The smallest absolute Gasteiger partial charge is 0.222 e. The molecule has 0 atom stereocenters. The van der Waals surface area contributed by atoms with Gasteiger partial charge in [0.2, 0.25) is 5.91 Å². The molecule has 4 heteroatoms. The van der Waals surface area contributed by atoms with Crippen LogP contribution >= 0.6 is 0 Å². The molecule has 1 heterocycles. The van der Waals surface area contributed by atoms with Gasteiger partial charge < -0.3 is 9.88 Å². The molecule has 0 bridgehead atoms. The van der Waals surface area contributed by atoms with Gasteiger partial charge in [-0.25, -0.2) is 4.98 Å². The van der Waals surface area contributed by atoms with E-state index in [1.165, 1.54) is 0 Å². The van der Waals surface area contributed by atoms with Crippen LogP contribution in [-0.4, -0.2) is 15.5 Å². The summed E-state index contributed by atoms with van der Waals surface area (Å²) in [5, 5.41) is 2.92. The average Bonchev–Trinajstić information content (AvgIpc) is 2.78. The normalized spacial score (nSPS) is 11.5. The maximum absolute atomic E-state index is 11.5. The van der Waals surface area contributed by atoms with Crippen molar-refractivity contribution in [2.24, 2.45) is 5.92 Å². The number of fused-ring (bicyclic) bond motifs is 1. The molecule has 1 aromatic heterocycles. The summed E-state index contributed by atoms with van der Waals surface area (Å²) in [7, 11) is 0. The Balaban J connectivity index is 2.16. The van der Waals surface area contributed by atoms with Crippen LogP contribution in [0, 0.1) is 5.92 Å². The van der Waals surface area contributed by atoms with Gasteiger partial charge in [0.1, 0.15) is 0 Å². The molecular weight excluding hydrogens is 238 g/mol. The number of hydrogen-bond donors (Lipinski definition) is 1. The minimum absolute atomic E-state index is 0.0175. The third-order valence-electron chi connectivity index (χ3n) is 3.19. The van der Waals surface area contributed by atoms with Gasteiger partial charge in [-0.1, -0.05) is 19.9 Å². The number of aromatic nitrogens is 2. The van der Waals surface area contributed by atoms with E-state index in [2.05, 4.69) is 34.8 Å². The molecule has 0 unspecified atom stereocenters. The molecule has 0 fully saturated rings. The van der Waals surface area contributed by atoms with Crippen molar-refractivity contribution >= 4 is 16.9 Å². The maximum atomic E-state index is 11.5. The van der Waals surface area contributed by atoms with Crippen LogP contribution in [0.3, 0.4) is 0 Å². The predicted octanol–water partition coefficient (Wildman–Crippen LogP) is 2.89. The van der Waals surface area contributed by atoms with Gasteiger partial charge in [-0.2, -0.15) is 0 Å². The van der Waals surface area contributed by atoms with E-state index in [0.717, 1.165) is 16.6 Å². The lowest BCUT2D eigenvalue weighted by molar-refractivity contribution is -0.124. The van der Waals surface area contributed by atoms with E-state index < -0.39 is 0 Å². The minimum Gasteiger partial charge on any atom is -0.352 e. The number of benzene rings is 1. The van der Waals surface area contributed by atoms with Crippen molar-refractivity contribution in [3.63, 3.8) is 0 Å². The highest BCUT2D eigenvalue weighted by Crippen LogP contribution is 2.18. The Bertz CT molecular complexity index is 584. The maximum Gasteiger partial charge on any atom is 0.222 e. The third kappa shape index (κ3) is 2.95. The lowest BCUT2D eigenvalue weighted by atomic mass is 10.1. The number of hydrogen-bond acceptors (Lipinski definition) is 2. The van der Waals surface area contributed by atoms with E-state index in [-0.39, 0.29) is 11.8 Å². The Kier molecular flexibility index (Phi) is 3.88. The second kappa shape index (κ2) is 5.43. The van der Waals surface area contributed by atoms with Gasteiger partial charge >= 0.3 is 0 Å². The van der Waals surface area contributed by atoms with Gasteiger partial charge in [0.25, 0.3) is 0 Å². The molecule has 0 spiro atoms. The fraction of sp³-hybridized carbons (Fsp3) is 0.467. The third-order valence-corrected chi connectivity index (χ3v) is 3.19. The molecule has 1 N–H and O–H groups in total. The van der Waals surface area contributed by atoms with Crippen molar-refractivity contribution < 1.29 is 4.79 Å². The van der Waals surface area contributed by atoms with Gasteiger partial charge in [0, 0.05) is 18.5 Å². The molecular formula is C15H21N3O. The summed E-state index contributed by atoms with van der Waals surface area (Å²) in [6.07, 6.45) is 1.87. The van der Waals surface area contributed by atoms with Gasteiger partial charge in [-0.15, -0.1) is 0 Å². The van der Waals surface area contributed by atoms with Crippen molar-refractivity contribution in [1.82, 2.24) is 14.9 Å². The summed E-state index contributed by atoms with van der Waals surface area (Å²) >= 11 is 0. The van der Waals surface area contributed by atoms with E-state index in [9.17, 15) is 4.79 Å². The first-order valence-electron chi connectivity index (χ1n) is 6.72. The average molecular weight is 259 g/mol. The molecule has 2 aromatic rings. The summed E-state index contributed by atoms with van der Waals surface area (Å²) in [5.74, 6) is 0.0942. The second-order valence-electron chi connectivity index (χ2n) is 5.44. The fourth-order valence-corrected chi connectivity index (χ4v) is 1.99. The lowest BCUT2D eigenvalue weighted by Gasteiger charge is -2.09. The number of carbonyl (C=O) groups excluding carboxylic acids is 1. The van der Waals surface area contributed by atoms with Crippen molar-refractivity contribution in [3.05, 3.63) is 30.1 Å². The number of imidazole rings is 1. The van der Waals surface area contributed by atoms with Crippen LogP contribution in [-0.2, 0) is 11.3 Å². The molecule has 0 aliphatic heterocycles. The number of nitrogens with zero attached hydrogens (tertiary/aromatic N) is 2. The minimum atomic E-state index is 0.0175. The molecule has 4 nitrogen and oxygen atoms in total. The summed E-state index contributed by atoms with van der Waals surface area (Å²) in [5.41, 5.74) is 3.19. The Morgan fingerprint density at radius 1 is 1.32 bits per heavy atom. The van der Waals surface area contributed by atoms with Crippen LogP contribution in [0.1, 0.15) is 39.3 Å². The van der Waals surface area contributed by atoms with E-state index in [1.807, 2.05) is 32.3 Å². The predicted molar refractivity (Wildman–Crippen MR) is 76.8 cm³/mol. The number of amides is 1. The second-order valence-corrected chi connectivity index (χ2v) is 5.44. The topological polar surface area (TPSA) is 46.9 Å². The SMILES string of the molecule is CC(C)C(=O)NCc1ccc2c(c1)ncn2C(C)C.